The van der Waals surface area contributed by atoms with E-state index in [1.807, 2.05) is 0 Å². The quantitative estimate of drug-likeness (QED) is 0.565. The van der Waals surface area contributed by atoms with Crippen LogP contribution in [0.4, 0.5) is 4.39 Å². The van der Waals surface area contributed by atoms with Gasteiger partial charge in [0.15, 0.2) is 0 Å². The van der Waals surface area contributed by atoms with Crippen molar-refractivity contribution in [3.8, 4) is 0 Å². The molecule has 1 aromatic heterocycles. The smallest absolute Gasteiger partial charge is 0.207 e. The number of ether oxygens (including phenoxy) is 1. The van der Waals surface area contributed by atoms with Gasteiger partial charge in [-0.3, -0.25) is 0 Å². The molecule has 0 amide bonds. The molecule has 0 aliphatic carbocycles. The van der Waals surface area contributed by atoms with Gasteiger partial charge in [-0.1, -0.05) is 0 Å². The Morgan fingerprint density at radius 3 is 2.62 bits per heavy atom. The van der Waals surface area contributed by atoms with Crippen molar-refractivity contribution >= 4 is 54.4 Å². The van der Waals surface area contributed by atoms with Crippen LogP contribution in [0.1, 0.15) is 9.75 Å². The Labute approximate surface area is 139 Å². The fraction of sp³-hybridized carbons (Fsp3) is 0.154. The first-order valence-corrected chi connectivity index (χ1v) is 9.16. The lowest BCUT2D eigenvalue weighted by Gasteiger charge is -2.04. The largest absolute Gasteiger partial charge is 0.486 e. The number of hydrogen-bond donors (Lipinski definition) is 0. The van der Waals surface area contributed by atoms with E-state index >= 15 is 0 Å². The molecule has 112 valence electrons. The molecule has 0 fully saturated rings. The van der Waals surface area contributed by atoms with E-state index in [1.54, 1.807) is 6.92 Å². The van der Waals surface area contributed by atoms with E-state index in [0.717, 1.165) is 6.07 Å². The van der Waals surface area contributed by atoms with Gasteiger partial charge in [0, 0.05) is 4.88 Å². The molecule has 3 nitrogen and oxygen atoms in total. The summed E-state index contributed by atoms with van der Waals surface area (Å²) in [5, 5.41) is 0.241. The summed E-state index contributed by atoms with van der Waals surface area (Å²) in [6.07, 6.45) is 0. The summed E-state index contributed by atoms with van der Waals surface area (Å²) < 4.78 is 43.5. The summed E-state index contributed by atoms with van der Waals surface area (Å²) in [6, 6.07) is 5.08. The highest BCUT2D eigenvalue weighted by Gasteiger charge is 2.24. The third-order valence-corrected chi connectivity index (χ3v) is 6.93. The van der Waals surface area contributed by atoms with Gasteiger partial charge in [0.25, 0.3) is 0 Å². The van der Waals surface area contributed by atoms with E-state index < -0.39 is 15.7 Å². The monoisotopic (exact) mass is 408 g/mol. The molecule has 0 N–H and O–H groups in total. The van der Waals surface area contributed by atoms with Gasteiger partial charge in [0.1, 0.15) is 5.82 Å². The minimum atomic E-state index is -3.73. The Morgan fingerprint density at radius 2 is 2.05 bits per heavy atom. The highest BCUT2D eigenvalue weighted by Crippen LogP contribution is 2.32. The third kappa shape index (κ3) is 3.18. The predicted molar refractivity (Wildman–Crippen MR) is 87.3 cm³/mol. The number of sulfone groups is 1. The molecule has 0 unspecified atom stereocenters. The van der Waals surface area contributed by atoms with Crippen LogP contribution in [0, 0.1) is 12.7 Å². The van der Waals surface area contributed by atoms with Crippen LogP contribution in [0.25, 0.3) is 0 Å². The highest BCUT2D eigenvalue weighted by atomic mass is 79.9. The Kier molecular flexibility index (Phi) is 4.82. The van der Waals surface area contributed by atoms with Crippen LogP contribution in [0.3, 0.4) is 0 Å². The van der Waals surface area contributed by atoms with Crippen LogP contribution in [0.5, 0.6) is 0 Å². The minimum absolute atomic E-state index is 0.0200. The topological polar surface area (TPSA) is 43.4 Å². The zero-order valence-electron chi connectivity index (χ0n) is 11.0. The second-order valence-electron chi connectivity index (χ2n) is 4.10. The predicted octanol–water partition coefficient (Wildman–Crippen LogP) is 4.11. The van der Waals surface area contributed by atoms with Gasteiger partial charge in [0.2, 0.25) is 14.9 Å². The number of hydrogen-bond acceptors (Lipinski definition) is 5. The zero-order chi connectivity index (χ0) is 15.8. The van der Waals surface area contributed by atoms with Crippen molar-refractivity contribution in [2.24, 2.45) is 0 Å². The normalized spacial score (nSPS) is 11.4. The number of rotatable bonds is 3. The second kappa shape index (κ2) is 6.12. The Morgan fingerprint density at radius 1 is 1.38 bits per heavy atom. The Hall–Kier alpha value is -0.830. The molecule has 8 heteroatoms. The average molecular weight is 409 g/mol. The summed E-state index contributed by atoms with van der Waals surface area (Å²) in [6.45, 7) is 1.69. The molecule has 0 bridgehead atoms. The number of benzene rings is 1. The van der Waals surface area contributed by atoms with Crippen LogP contribution in [-0.4, -0.2) is 20.6 Å². The SMILES string of the molecule is COC(=S)c1cc(S(=O)(=O)c2ccc(F)c(Br)c2)c(C)s1. The van der Waals surface area contributed by atoms with Crippen molar-refractivity contribution in [2.45, 2.75) is 16.7 Å². The van der Waals surface area contributed by atoms with Crippen molar-refractivity contribution in [3.05, 3.63) is 44.3 Å². The molecule has 1 aromatic carbocycles. The van der Waals surface area contributed by atoms with Gasteiger partial charge >= 0.3 is 0 Å². The number of halogens is 2. The van der Waals surface area contributed by atoms with E-state index in [4.69, 9.17) is 17.0 Å². The van der Waals surface area contributed by atoms with E-state index in [2.05, 4.69) is 15.9 Å². The number of thiocarbonyl (C=S) groups is 1. The molecule has 1 heterocycles. The van der Waals surface area contributed by atoms with Gasteiger partial charge < -0.3 is 4.74 Å². The molecule has 0 spiro atoms. The number of methoxy groups -OCH3 is 1. The lowest BCUT2D eigenvalue weighted by molar-refractivity contribution is 0.417. The van der Waals surface area contributed by atoms with Crippen LogP contribution < -0.4 is 0 Å². The van der Waals surface area contributed by atoms with Crippen LogP contribution in [-0.2, 0) is 14.6 Å². The molecule has 0 saturated heterocycles. The highest BCUT2D eigenvalue weighted by molar-refractivity contribution is 9.10. The zero-order valence-corrected chi connectivity index (χ0v) is 15.1. The van der Waals surface area contributed by atoms with Crippen LogP contribution >= 0.6 is 39.5 Å². The molecule has 0 atom stereocenters. The average Bonchev–Trinajstić information content (AvgIpc) is 2.83. The summed E-state index contributed by atoms with van der Waals surface area (Å²) in [5.41, 5.74) is 0. The van der Waals surface area contributed by atoms with Gasteiger partial charge in [-0.25, -0.2) is 12.8 Å². The lowest BCUT2D eigenvalue weighted by atomic mass is 10.3. The summed E-state index contributed by atoms with van der Waals surface area (Å²) in [7, 11) is -2.30. The maximum absolute atomic E-state index is 13.3. The lowest BCUT2D eigenvalue weighted by Crippen LogP contribution is -2.03. The van der Waals surface area contributed by atoms with Gasteiger partial charge in [-0.2, -0.15) is 0 Å². The fourth-order valence-corrected chi connectivity index (χ4v) is 5.21. The van der Waals surface area contributed by atoms with Gasteiger partial charge in [-0.05, 0) is 59.3 Å². The molecule has 0 aliphatic rings. The fourth-order valence-electron chi connectivity index (χ4n) is 1.70. The maximum Gasteiger partial charge on any atom is 0.207 e. The van der Waals surface area contributed by atoms with Crippen molar-refractivity contribution in [3.63, 3.8) is 0 Å². The van der Waals surface area contributed by atoms with E-state index in [1.165, 1.54) is 36.6 Å². The van der Waals surface area contributed by atoms with E-state index in [0.29, 0.717) is 9.75 Å². The van der Waals surface area contributed by atoms with Gasteiger partial charge in [-0.15, -0.1) is 11.3 Å². The van der Waals surface area contributed by atoms with E-state index in [-0.39, 0.29) is 19.3 Å². The molecule has 2 aromatic rings. The minimum Gasteiger partial charge on any atom is -0.486 e. The molecule has 0 saturated carbocycles. The summed E-state index contributed by atoms with van der Waals surface area (Å²) in [4.78, 5) is 1.35. The molecular formula is C13H10BrFO3S3. The molecule has 0 radical (unpaired) electrons. The van der Waals surface area contributed by atoms with Gasteiger partial charge in [0.05, 0.1) is 26.3 Å². The first-order valence-electron chi connectivity index (χ1n) is 5.66. The van der Waals surface area contributed by atoms with Crippen LogP contribution in [0.2, 0.25) is 0 Å². The molecule has 0 aliphatic heterocycles. The van der Waals surface area contributed by atoms with Crippen molar-refractivity contribution < 1.29 is 17.5 Å². The molecular weight excluding hydrogens is 399 g/mol. The first kappa shape index (κ1) is 16.5. The van der Waals surface area contributed by atoms with E-state index in [9.17, 15) is 12.8 Å². The second-order valence-corrected chi connectivity index (χ2v) is 8.50. The van der Waals surface area contributed by atoms with Crippen molar-refractivity contribution in [1.82, 2.24) is 0 Å². The number of aryl methyl sites for hydroxylation is 1. The third-order valence-electron chi connectivity index (χ3n) is 2.75. The first-order chi connectivity index (χ1) is 9.77. The summed E-state index contributed by atoms with van der Waals surface area (Å²) >= 11 is 9.24. The standard InChI is InChI=1S/C13H10BrFO3S3/c1-7-12(6-11(20-7)13(19)18-2)21(16,17)8-3-4-10(15)9(14)5-8/h3-6H,1-2H3. The molecule has 21 heavy (non-hydrogen) atoms. The molecule has 2 rings (SSSR count). The summed E-state index contributed by atoms with van der Waals surface area (Å²) in [5.74, 6) is -0.516. The van der Waals surface area contributed by atoms with Crippen LogP contribution in [0.15, 0.2) is 38.5 Å². The Balaban J connectivity index is 2.56. The number of thiophene rings is 1. The van der Waals surface area contributed by atoms with Crippen molar-refractivity contribution in [1.29, 1.82) is 0 Å². The maximum atomic E-state index is 13.3. The van der Waals surface area contributed by atoms with Crippen molar-refractivity contribution in [2.75, 3.05) is 7.11 Å². The Bertz CT molecular complexity index is 812.